The SMILES string of the molecule is C=C1NC(c2c(F)cncc2F)=C(c2ccccc2)CC1C.CC. The number of rotatable bonds is 2. The van der Waals surface area contributed by atoms with Gasteiger partial charge in [-0.3, -0.25) is 4.98 Å². The Kier molecular flexibility index (Phi) is 5.85. The summed E-state index contributed by atoms with van der Waals surface area (Å²) in [6, 6.07) is 9.61. The summed E-state index contributed by atoms with van der Waals surface area (Å²) >= 11 is 0. The van der Waals surface area contributed by atoms with Crippen molar-refractivity contribution in [1.82, 2.24) is 10.3 Å². The van der Waals surface area contributed by atoms with E-state index in [-0.39, 0.29) is 11.5 Å². The minimum absolute atomic E-state index is 0.0816. The lowest BCUT2D eigenvalue weighted by Gasteiger charge is -2.29. The number of nitrogens with zero attached hydrogens (tertiary/aromatic N) is 1. The maximum atomic E-state index is 14.1. The fourth-order valence-electron chi connectivity index (χ4n) is 2.66. The van der Waals surface area contributed by atoms with E-state index in [2.05, 4.69) is 16.9 Å². The van der Waals surface area contributed by atoms with Crippen molar-refractivity contribution in [2.45, 2.75) is 27.2 Å². The fraction of sp³-hybridized carbons (Fsp3) is 0.250. The van der Waals surface area contributed by atoms with Gasteiger partial charge >= 0.3 is 0 Å². The van der Waals surface area contributed by atoms with Gasteiger partial charge in [-0.25, -0.2) is 8.78 Å². The molecule has 0 spiro atoms. The molecule has 3 rings (SSSR count). The zero-order valence-corrected chi connectivity index (χ0v) is 14.2. The molecule has 2 heterocycles. The van der Waals surface area contributed by atoms with Crippen LogP contribution in [0.25, 0.3) is 11.3 Å². The van der Waals surface area contributed by atoms with Crippen LogP contribution in [0.2, 0.25) is 0 Å². The van der Waals surface area contributed by atoms with Gasteiger partial charge in [-0.15, -0.1) is 0 Å². The van der Waals surface area contributed by atoms with Gasteiger partial charge < -0.3 is 5.32 Å². The van der Waals surface area contributed by atoms with Gasteiger partial charge in [0.05, 0.1) is 23.7 Å². The summed E-state index contributed by atoms with van der Waals surface area (Å²) in [6.45, 7) is 9.99. The number of nitrogens with one attached hydrogen (secondary N) is 1. The van der Waals surface area contributed by atoms with Crippen molar-refractivity contribution in [3.63, 3.8) is 0 Å². The minimum Gasteiger partial charge on any atom is -0.358 e. The Morgan fingerprint density at radius 3 is 2.25 bits per heavy atom. The number of pyridine rings is 1. The predicted octanol–water partition coefficient (Wildman–Crippen LogP) is 5.40. The van der Waals surface area contributed by atoms with Crippen LogP contribution in [0.5, 0.6) is 0 Å². The molecule has 0 amide bonds. The molecule has 1 N–H and O–H groups in total. The van der Waals surface area contributed by atoms with Gasteiger partial charge in [0.15, 0.2) is 11.6 Å². The smallest absolute Gasteiger partial charge is 0.153 e. The normalized spacial score (nSPS) is 17.0. The van der Waals surface area contributed by atoms with Gasteiger partial charge in [0.1, 0.15) is 0 Å². The van der Waals surface area contributed by atoms with Crippen molar-refractivity contribution >= 4 is 11.3 Å². The highest BCUT2D eigenvalue weighted by atomic mass is 19.1. The van der Waals surface area contributed by atoms with E-state index in [1.165, 1.54) is 0 Å². The highest BCUT2D eigenvalue weighted by Crippen LogP contribution is 2.37. The molecule has 0 saturated carbocycles. The molecule has 0 radical (unpaired) electrons. The van der Waals surface area contributed by atoms with Gasteiger partial charge in [-0.05, 0) is 23.5 Å². The summed E-state index contributed by atoms with van der Waals surface area (Å²) < 4.78 is 28.3. The highest BCUT2D eigenvalue weighted by molar-refractivity contribution is 5.92. The monoisotopic (exact) mass is 328 g/mol. The van der Waals surface area contributed by atoms with E-state index in [9.17, 15) is 8.78 Å². The van der Waals surface area contributed by atoms with E-state index < -0.39 is 11.6 Å². The number of benzene rings is 1. The van der Waals surface area contributed by atoms with Gasteiger partial charge in [-0.1, -0.05) is 57.7 Å². The Balaban J connectivity index is 0.00000100. The molecule has 0 fully saturated rings. The summed E-state index contributed by atoms with van der Waals surface area (Å²) in [4.78, 5) is 3.55. The molecule has 1 aromatic heterocycles. The van der Waals surface area contributed by atoms with Crippen LogP contribution < -0.4 is 5.32 Å². The molecule has 1 unspecified atom stereocenters. The summed E-state index contributed by atoms with van der Waals surface area (Å²) in [6.07, 6.45) is 2.72. The molecular formula is C20H22F2N2. The molecule has 1 aromatic carbocycles. The first kappa shape index (κ1) is 17.9. The second-order valence-electron chi connectivity index (χ2n) is 5.45. The minimum atomic E-state index is -0.682. The molecule has 4 heteroatoms. The van der Waals surface area contributed by atoms with Crippen LogP contribution >= 0.6 is 0 Å². The van der Waals surface area contributed by atoms with E-state index in [1.54, 1.807) is 0 Å². The first-order valence-corrected chi connectivity index (χ1v) is 8.11. The topological polar surface area (TPSA) is 24.9 Å². The summed E-state index contributed by atoms with van der Waals surface area (Å²) in [5, 5.41) is 3.09. The summed E-state index contributed by atoms with van der Waals surface area (Å²) in [5.74, 6) is -1.18. The quantitative estimate of drug-likeness (QED) is 0.798. The lowest BCUT2D eigenvalue weighted by Crippen LogP contribution is -2.25. The van der Waals surface area contributed by atoms with E-state index in [1.807, 2.05) is 51.1 Å². The molecule has 0 saturated heterocycles. The Morgan fingerprint density at radius 2 is 1.67 bits per heavy atom. The zero-order valence-electron chi connectivity index (χ0n) is 14.2. The second-order valence-corrected chi connectivity index (χ2v) is 5.45. The van der Waals surface area contributed by atoms with Crippen molar-refractivity contribution in [2.75, 3.05) is 0 Å². The van der Waals surface area contributed by atoms with Gasteiger partial charge in [0.25, 0.3) is 0 Å². The number of hydrogen-bond acceptors (Lipinski definition) is 2. The summed E-state index contributed by atoms with van der Waals surface area (Å²) in [7, 11) is 0. The molecule has 0 bridgehead atoms. The lowest BCUT2D eigenvalue weighted by atomic mass is 9.86. The average Bonchev–Trinajstić information content (AvgIpc) is 2.60. The van der Waals surface area contributed by atoms with Crippen molar-refractivity contribution < 1.29 is 8.78 Å². The van der Waals surface area contributed by atoms with Crippen molar-refractivity contribution in [1.29, 1.82) is 0 Å². The van der Waals surface area contributed by atoms with Crippen molar-refractivity contribution in [3.8, 4) is 0 Å². The molecule has 0 aliphatic carbocycles. The molecule has 1 atom stereocenters. The second kappa shape index (κ2) is 7.86. The van der Waals surface area contributed by atoms with Crippen LogP contribution in [0.1, 0.15) is 38.3 Å². The van der Waals surface area contributed by atoms with E-state index in [0.29, 0.717) is 12.1 Å². The Labute approximate surface area is 141 Å². The number of halogens is 2. The first-order chi connectivity index (χ1) is 11.6. The third kappa shape index (κ3) is 3.53. The van der Waals surface area contributed by atoms with Gasteiger partial charge in [0.2, 0.25) is 0 Å². The lowest BCUT2D eigenvalue weighted by molar-refractivity contribution is 0.561. The number of hydrogen-bond donors (Lipinski definition) is 1. The molecule has 126 valence electrons. The predicted molar refractivity (Wildman–Crippen MR) is 94.8 cm³/mol. The van der Waals surface area contributed by atoms with Gasteiger partial charge in [0, 0.05) is 5.70 Å². The molecule has 1 aliphatic heterocycles. The zero-order chi connectivity index (χ0) is 17.7. The Morgan fingerprint density at radius 1 is 1.08 bits per heavy atom. The molecule has 2 nitrogen and oxygen atoms in total. The number of aromatic nitrogens is 1. The van der Waals surface area contributed by atoms with Crippen molar-refractivity contribution in [2.24, 2.45) is 5.92 Å². The molecule has 1 aliphatic rings. The molecule has 24 heavy (non-hydrogen) atoms. The van der Waals surface area contributed by atoms with Crippen LogP contribution in [0.15, 0.2) is 55.0 Å². The third-order valence-electron chi connectivity index (χ3n) is 3.92. The largest absolute Gasteiger partial charge is 0.358 e. The Bertz CT molecular complexity index is 731. The third-order valence-corrected chi connectivity index (χ3v) is 3.92. The van der Waals surface area contributed by atoms with Crippen LogP contribution in [0, 0.1) is 17.6 Å². The number of allylic oxidation sites excluding steroid dienone is 2. The first-order valence-electron chi connectivity index (χ1n) is 8.11. The van der Waals surface area contributed by atoms with Crippen LogP contribution in [0.3, 0.4) is 0 Å². The van der Waals surface area contributed by atoms with Crippen LogP contribution in [-0.2, 0) is 0 Å². The van der Waals surface area contributed by atoms with Crippen molar-refractivity contribution in [3.05, 3.63) is 77.8 Å². The van der Waals surface area contributed by atoms with E-state index in [4.69, 9.17) is 0 Å². The van der Waals surface area contributed by atoms with Crippen LogP contribution in [-0.4, -0.2) is 4.98 Å². The fourth-order valence-corrected chi connectivity index (χ4v) is 2.66. The standard InChI is InChI=1S/C18H16F2N2.C2H6/c1-11-8-14(13-6-4-3-5-7-13)18(22-12(11)2)17-15(19)9-21-10-16(17)20;1-2/h3-7,9-11,22H,2,8H2,1H3;1-2H3. The molecule has 2 aromatic rings. The maximum absolute atomic E-state index is 14.1. The van der Waals surface area contributed by atoms with Crippen LogP contribution in [0.4, 0.5) is 8.78 Å². The Hall–Kier alpha value is -2.49. The maximum Gasteiger partial charge on any atom is 0.153 e. The molecular weight excluding hydrogens is 306 g/mol. The van der Waals surface area contributed by atoms with E-state index in [0.717, 1.165) is 29.2 Å². The average molecular weight is 328 g/mol. The van der Waals surface area contributed by atoms with E-state index >= 15 is 0 Å². The highest BCUT2D eigenvalue weighted by Gasteiger charge is 2.26. The van der Waals surface area contributed by atoms with Gasteiger partial charge in [-0.2, -0.15) is 0 Å². The summed E-state index contributed by atoms with van der Waals surface area (Å²) in [5.41, 5.74) is 2.93.